The molecule has 0 saturated carbocycles. The van der Waals surface area contributed by atoms with E-state index in [0.717, 1.165) is 0 Å². The lowest BCUT2D eigenvalue weighted by Crippen LogP contribution is -2.47. The number of rotatable bonds is 3. The normalized spacial score (nSPS) is 17.6. The van der Waals surface area contributed by atoms with Crippen LogP contribution in [-0.2, 0) is 4.79 Å². The minimum Gasteiger partial charge on any atom is -0.497 e. The molecule has 0 fully saturated rings. The molecular formula is C23H26ClN3O5. The summed E-state index contributed by atoms with van der Waals surface area (Å²) < 4.78 is 10.9. The van der Waals surface area contributed by atoms with Gasteiger partial charge in [-0.25, -0.2) is 0 Å². The summed E-state index contributed by atoms with van der Waals surface area (Å²) >= 11 is 6.10. The molecule has 9 heteroatoms. The van der Waals surface area contributed by atoms with E-state index in [4.69, 9.17) is 21.1 Å². The number of benzene rings is 2. The van der Waals surface area contributed by atoms with Crippen LogP contribution in [0.1, 0.15) is 40.0 Å². The van der Waals surface area contributed by atoms with Crippen molar-refractivity contribution in [1.82, 2.24) is 16.0 Å². The Morgan fingerprint density at radius 3 is 2.72 bits per heavy atom. The van der Waals surface area contributed by atoms with E-state index in [9.17, 15) is 14.4 Å². The molecule has 0 unspecified atom stereocenters. The third kappa shape index (κ3) is 6.13. The molecule has 170 valence electrons. The molecule has 1 atom stereocenters. The van der Waals surface area contributed by atoms with Crippen molar-refractivity contribution in [2.75, 3.05) is 26.8 Å². The first-order valence-electron chi connectivity index (χ1n) is 10.4. The summed E-state index contributed by atoms with van der Waals surface area (Å²) in [6, 6.07) is 10.9. The van der Waals surface area contributed by atoms with Crippen molar-refractivity contribution in [3.05, 3.63) is 58.6 Å². The van der Waals surface area contributed by atoms with Crippen LogP contribution < -0.4 is 25.4 Å². The van der Waals surface area contributed by atoms with Crippen LogP contribution in [0.5, 0.6) is 11.5 Å². The van der Waals surface area contributed by atoms with Crippen molar-refractivity contribution < 1.29 is 23.9 Å². The highest BCUT2D eigenvalue weighted by Crippen LogP contribution is 2.25. The Kier molecular flexibility index (Phi) is 8.33. The quantitative estimate of drug-likeness (QED) is 0.654. The molecular weight excluding hydrogens is 434 g/mol. The standard InChI is InChI=1S/C23H26ClN3O5/c1-31-15-9-10-17-20(14-15)32-13-12-26-23(30)19(8-4-5-11-25-21(17)28)27-22(29)16-6-2-3-7-18(16)24/h2-3,6-7,9-10,14,19H,4-5,8,11-13H2,1H3,(H,25,28)(H,26,30)(H,27,29)/t19-/m0/s1. The Hall–Kier alpha value is -3.26. The minimum atomic E-state index is -0.732. The van der Waals surface area contributed by atoms with Gasteiger partial charge in [-0.2, -0.15) is 0 Å². The van der Waals surface area contributed by atoms with Gasteiger partial charge < -0.3 is 25.4 Å². The van der Waals surface area contributed by atoms with Crippen LogP contribution in [0.15, 0.2) is 42.5 Å². The first kappa shape index (κ1) is 23.4. The lowest BCUT2D eigenvalue weighted by Gasteiger charge is -2.20. The molecule has 0 bridgehead atoms. The van der Waals surface area contributed by atoms with Gasteiger partial charge in [-0.05, 0) is 43.5 Å². The molecule has 3 rings (SSSR count). The molecule has 0 aliphatic carbocycles. The lowest BCUT2D eigenvalue weighted by atomic mass is 10.1. The summed E-state index contributed by atoms with van der Waals surface area (Å²) in [6.07, 6.45) is 1.70. The molecule has 2 aromatic rings. The van der Waals surface area contributed by atoms with Crippen molar-refractivity contribution in [1.29, 1.82) is 0 Å². The summed E-state index contributed by atoms with van der Waals surface area (Å²) in [6.45, 7) is 0.775. The van der Waals surface area contributed by atoms with Gasteiger partial charge in [-0.1, -0.05) is 23.7 Å². The highest BCUT2D eigenvalue weighted by atomic mass is 35.5. The Bertz CT molecular complexity index is 982. The van der Waals surface area contributed by atoms with E-state index >= 15 is 0 Å². The molecule has 2 aromatic carbocycles. The number of carbonyl (C=O) groups excluding carboxylic acids is 3. The second-order valence-corrected chi connectivity index (χ2v) is 7.67. The molecule has 1 aliphatic heterocycles. The number of carbonyl (C=O) groups is 3. The van der Waals surface area contributed by atoms with E-state index < -0.39 is 11.9 Å². The third-order valence-corrected chi connectivity index (χ3v) is 5.37. The number of halogens is 1. The maximum atomic E-state index is 12.7. The summed E-state index contributed by atoms with van der Waals surface area (Å²) in [5.74, 6) is -0.0310. The predicted molar refractivity (Wildman–Crippen MR) is 120 cm³/mol. The highest BCUT2D eigenvalue weighted by Gasteiger charge is 2.22. The Morgan fingerprint density at radius 1 is 1.12 bits per heavy atom. The van der Waals surface area contributed by atoms with Gasteiger partial charge in [0, 0.05) is 12.6 Å². The Balaban J connectivity index is 1.69. The van der Waals surface area contributed by atoms with Crippen LogP contribution in [0.25, 0.3) is 0 Å². The van der Waals surface area contributed by atoms with Crippen LogP contribution in [0, 0.1) is 0 Å². The van der Waals surface area contributed by atoms with E-state index in [1.165, 1.54) is 7.11 Å². The number of fused-ring (bicyclic) bond motifs is 1. The Morgan fingerprint density at radius 2 is 1.94 bits per heavy atom. The van der Waals surface area contributed by atoms with E-state index in [1.54, 1.807) is 42.5 Å². The van der Waals surface area contributed by atoms with Gasteiger partial charge in [0.1, 0.15) is 24.1 Å². The fraction of sp³-hybridized carbons (Fsp3) is 0.348. The van der Waals surface area contributed by atoms with Gasteiger partial charge in [-0.3, -0.25) is 14.4 Å². The average molecular weight is 460 g/mol. The zero-order valence-corrected chi connectivity index (χ0v) is 18.5. The van der Waals surface area contributed by atoms with Crippen molar-refractivity contribution in [3.63, 3.8) is 0 Å². The van der Waals surface area contributed by atoms with Gasteiger partial charge in [-0.15, -0.1) is 0 Å². The van der Waals surface area contributed by atoms with Crippen LogP contribution in [0.3, 0.4) is 0 Å². The number of nitrogens with one attached hydrogen (secondary N) is 3. The molecule has 0 aromatic heterocycles. The summed E-state index contributed by atoms with van der Waals surface area (Å²) in [7, 11) is 1.53. The Labute approximate surface area is 191 Å². The molecule has 0 spiro atoms. The SMILES string of the molecule is COc1ccc2c(c1)OCCNC(=O)[C@@H](NC(=O)c1ccccc1Cl)CCCCNC2=O. The average Bonchev–Trinajstić information content (AvgIpc) is 2.80. The maximum Gasteiger partial charge on any atom is 0.255 e. The van der Waals surface area contributed by atoms with E-state index in [2.05, 4.69) is 16.0 Å². The van der Waals surface area contributed by atoms with Crippen LogP contribution in [0.4, 0.5) is 0 Å². The van der Waals surface area contributed by atoms with Crippen molar-refractivity contribution in [3.8, 4) is 11.5 Å². The van der Waals surface area contributed by atoms with Crippen molar-refractivity contribution in [2.24, 2.45) is 0 Å². The number of hydrogen-bond acceptors (Lipinski definition) is 5. The van der Waals surface area contributed by atoms with Crippen LogP contribution >= 0.6 is 11.6 Å². The third-order valence-electron chi connectivity index (χ3n) is 5.04. The van der Waals surface area contributed by atoms with Gasteiger partial charge >= 0.3 is 0 Å². The van der Waals surface area contributed by atoms with E-state index in [-0.39, 0.29) is 25.0 Å². The number of amides is 3. The van der Waals surface area contributed by atoms with Crippen molar-refractivity contribution >= 4 is 29.3 Å². The second kappa shape index (κ2) is 11.4. The second-order valence-electron chi connectivity index (χ2n) is 7.26. The van der Waals surface area contributed by atoms with E-state index in [0.29, 0.717) is 53.5 Å². The molecule has 1 aliphatic rings. The largest absolute Gasteiger partial charge is 0.497 e. The molecule has 0 radical (unpaired) electrons. The molecule has 0 saturated heterocycles. The monoisotopic (exact) mass is 459 g/mol. The van der Waals surface area contributed by atoms with Gasteiger partial charge in [0.05, 0.1) is 29.8 Å². The van der Waals surface area contributed by atoms with Crippen molar-refractivity contribution in [2.45, 2.75) is 25.3 Å². The molecule has 3 N–H and O–H groups in total. The highest BCUT2D eigenvalue weighted by molar-refractivity contribution is 6.33. The number of hydrogen-bond donors (Lipinski definition) is 3. The first-order chi connectivity index (χ1) is 15.5. The zero-order chi connectivity index (χ0) is 22.9. The predicted octanol–water partition coefficient (Wildman–Crippen LogP) is 2.56. The zero-order valence-electron chi connectivity index (χ0n) is 17.8. The maximum absolute atomic E-state index is 12.7. The fourth-order valence-corrected chi connectivity index (χ4v) is 3.54. The lowest BCUT2D eigenvalue weighted by molar-refractivity contribution is -0.123. The molecule has 1 heterocycles. The van der Waals surface area contributed by atoms with Gasteiger partial charge in [0.2, 0.25) is 5.91 Å². The van der Waals surface area contributed by atoms with Gasteiger partial charge in [0.15, 0.2) is 0 Å². The summed E-state index contributed by atoms with van der Waals surface area (Å²) in [5.41, 5.74) is 0.710. The van der Waals surface area contributed by atoms with E-state index in [1.807, 2.05) is 0 Å². The topological polar surface area (TPSA) is 106 Å². The minimum absolute atomic E-state index is 0.143. The first-order valence-corrected chi connectivity index (χ1v) is 10.8. The summed E-state index contributed by atoms with van der Waals surface area (Å²) in [5, 5.41) is 8.73. The molecule has 3 amide bonds. The molecule has 8 nitrogen and oxygen atoms in total. The number of ether oxygens (including phenoxy) is 2. The molecule has 32 heavy (non-hydrogen) atoms. The van der Waals surface area contributed by atoms with Crippen LogP contribution in [0.2, 0.25) is 5.02 Å². The number of methoxy groups -OCH3 is 1. The smallest absolute Gasteiger partial charge is 0.255 e. The van der Waals surface area contributed by atoms with Crippen LogP contribution in [-0.4, -0.2) is 50.6 Å². The summed E-state index contributed by atoms with van der Waals surface area (Å²) in [4.78, 5) is 37.9. The van der Waals surface area contributed by atoms with Gasteiger partial charge in [0.25, 0.3) is 11.8 Å². The fourth-order valence-electron chi connectivity index (χ4n) is 3.32.